The summed E-state index contributed by atoms with van der Waals surface area (Å²) in [6.45, 7) is -0.0456. The van der Waals surface area contributed by atoms with Crippen molar-refractivity contribution in [1.82, 2.24) is 5.32 Å². The molecule has 1 aromatic carbocycles. The second-order valence-corrected chi connectivity index (χ2v) is 4.23. The van der Waals surface area contributed by atoms with Gasteiger partial charge in [0.25, 0.3) is 0 Å². The monoisotopic (exact) mass is 317 g/mol. The largest absolute Gasteiger partial charge is 0.387 e. The zero-order valence-electron chi connectivity index (χ0n) is 8.12. The fraction of sp³-hybridized carbons (Fsp3) is 0.333. The molecule has 0 radical (unpaired) electrons. The first-order chi connectivity index (χ1) is 7.41. The smallest absolute Gasteiger partial charge is 0.180 e. The second-order valence-electron chi connectivity index (χ2n) is 3.06. The number of aliphatic hydroxyl groups is 1. The van der Waals surface area contributed by atoms with E-state index in [2.05, 4.69) is 21.2 Å². The maximum atomic E-state index is 13.4. The van der Waals surface area contributed by atoms with Crippen LogP contribution in [0.15, 0.2) is 4.47 Å². The molecule has 2 N–H and O–H groups in total. The Labute approximate surface area is 104 Å². The van der Waals surface area contributed by atoms with Crippen LogP contribution in [0.3, 0.4) is 0 Å². The van der Waals surface area contributed by atoms with Crippen LogP contribution in [-0.4, -0.2) is 18.7 Å². The Bertz CT molecular complexity index is 387. The number of hydrogen-bond donors (Lipinski definition) is 2. The summed E-state index contributed by atoms with van der Waals surface area (Å²) >= 11 is 7.96. The normalized spacial score (nSPS) is 12.9. The van der Waals surface area contributed by atoms with Crippen molar-refractivity contribution in [3.63, 3.8) is 0 Å². The molecule has 0 spiro atoms. The summed E-state index contributed by atoms with van der Waals surface area (Å²) in [6.07, 6.45) is -1.37. The number of rotatable bonds is 3. The van der Waals surface area contributed by atoms with E-state index < -0.39 is 34.1 Å². The van der Waals surface area contributed by atoms with Crippen LogP contribution in [0.5, 0.6) is 0 Å². The number of benzene rings is 1. The summed E-state index contributed by atoms with van der Waals surface area (Å²) in [7, 11) is 1.51. The summed E-state index contributed by atoms with van der Waals surface area (Å²) in [5, 5.41) is 11.1. The number of nitrogens with one attached hydrogen (secondary N) is 1. The molecule has 0 saturated carbocycles. The van der Waals surface area contributed by atoms with Gasteiger partial charge in [0.05, 0.1) is 10.6 Å². The van der Waals surface area contributed by atoms with Crippen molar-refractivity contribution in [2.75, 3.05) is 13.6 Å². The Morgan fingerprint density at radius 3 is 2.38 bits per heavy atom. The van der Waals surface area contributed by atoms with E-state index in [1.807, 2.05) is 0 Å². The van der Waals surface area contributed by atoms with Crippen LogP contribution in [0.1, 0.15) is 11.7 Å². The molecule has 0 bridgehead atoms. The Balaban J connectivity index is 3.39. The second kappa shape index (κ2) is 5.35. The van der Waals surface area contributed by atoms with Crippen LogP contribution in [0.2, 0.25) is 5.02 Å². The first kappa shape index (κ1) is 13.8. The fourth-order valence-electron chi connectivity index (χ4n) is 1.21. The van der Waals surface area contributed by atoms with Gasteiger partial charge in [-0.15, -0.1) is 0 Å². The lowest BCUT2D eigenvalue weighted by Crippen LogP contribution is -2.19. The van der Waals surface area contributed by atoms with Crippen LogP contribution in [0.4, 0.5) is 13.2 Å². The molecule has 0 amide bonds. The van der Waals surface area contributed by atoms with Gasteiger partial charge in [-0.1, -0.05) is 11.6 Å². The number of likely N-dealkylation sites (N-methyl/N-ethyl adjacent to an activating group) is 1. The third-order valence-corrected chi connectivity index (χ3v) is 3.08. The average Bonchev–Trinajstić information content (AvgIpc) is 2.24. The highest BCUT2D eigenvalue weighted by Gasteiger charge is 2.26. The van der Waals surface area contributed by atoms with Crippen molar-refractivity contribution in [2.45, 2.75) is 6.10 Å². The van der Waals surface area contributed by atoms with E-state index in [-0.39, 0.29) is 11.0 Å². The van der Waals surface area contributed by atoms with Crippen molar-refractivity contribution in [3.05, 3.63) is 32.5 Å². The average molecular weight is 319 g/mol. The number of hydrogen-bond acceptors (Lipinski definition) is 2. The van der Waals surface area contributed by atoms with Crippen LogP contribution in [0, 0.1) is 17.5 Å². The highest BCUT2D eigenvalue weighted by atomic mass is 79.9. The molecule has 2 nitrogen and oxygen atoms in total. The summed E-state index contributed by atoms with van der Waals surface area (Å²) in [6, 6.07) is 0. The van der Waals surface area contributed by atoms with Crippen molar-refractivity contribution in [1.29, 1.82) is 0 Å². The first-order valence-corrected chi connectivity index (χ1v) is 5.42. The van der Waals surface area contributed by atoms with Crippen molar-refractivity contribution in [3.8, 4) is 0 Å². The molecule has 0 aromatic heterocycles. The van der Waals surface area contributed by atoms with Crippen LogP contribution in [-0.2, 0) is 0 Å². The van der Waals surface area contributed by atoms with Gasteiger partial charge in [0.15, 0.2) is 17.5 Å². The summed E-state index contributed by atoms with van der Waals surface area (Å²) in [5.41, 5.74) is -0.492. The van der Waals surface area contributed by atoms with Crippen molar-refractivity contribution in [2.24, 2.45) is 0 Å². The maximum absolute atomic E-state index is 13.4. The molecule has 0 heterocycles. The molecule has 0 saturated heterocycles. The predicted molar refractivity (Wildman–Crippen MR) is 57.9 cm³/mol. The molecular weight excluding hydrogens is 310 g/mol. The fourth-order valence-corrected chi connectivity index (χ4v) is 2.14. The lowest BCUT2D eigenvalue weighted by Gasteiger charge is -2.15. The lowest BCUT2D eigenvalue weighted by molar-refractivity contribution is 0.170. The van der Waals surface area contributed by atoms with Gasteiger partial charge in [0.1, 0.15) is 5.02 Å². The quantitative estimate of drug-likeness (QED) is 0.663. The molecule has 0 aliphatic carbocycles. The molecule has 1 rings (SSSR count). The minimum absolute atomic E-state index is 0.0456. The molecule has 90 valence electrons. The van der Waals surface area contributed by atoms with E-state index in [1.54, 1.807) is 0 Å². The van der Waals surface area contributed by atoms with E-state index in [0.29, 0.717) is 0 Å². The maximum Gasteiger partial charge on any atom is 0.180 e. The Morgan fingerprint density at radius 1 is 1.31 bits per heavy atom. The van der Waals surface area contributed by atoms with Gasteiger partial charge in [-0.25, -0.2) is 13.2 Å². The van der Waals surface area contributed by atoms with Crippen LogP contribution < -0.4 is 5.32 Å². The van der Waals surface area contributed by atoms with Crippen LogP contribution >= 0.6 is 27.5 Å². The van der Waals surface area contributed by atoms with E-state index in [0.717, 1.165) is 0 Å². The lowest BCUT2D eigenvalue weighted by atomic mass is 10.1. The highest BCUT2D eigenvalue weighted by Crippen LogP contribution is 2.35. The zero-order valence-corrected chi connectivity index (χ0v) is 10.5. The van der Waals surface area contributed by atoms with E-state index in [4.69, 9.17) is 11.6 Å². The Kier molecular flexibility index (Phi) is 4.61. The van der Waals surface area contributed by atoms with E-state index in [9.17, 15) is 18.3 Å². The minimum atomic E-state index is -1.51. The Morgan fingerprint density at radius 2 is 1.88 bits per heavy atom. The molecule has 0 aliphatic heterocycles. The van der Waals surface area contributed by atoms with Crippen molar-refractivity contribution < 1.29 is 18.3 Å². The van der Waals surface area contributed by atoms with Gasteiger partial charge >= 0.3 is 0 Å². The van der Waals surface area contributed by atoms with Gasteiger partial charge in [-0.05, 0) is 23.0 Å². The standard InChI is InChI=1S/C9H8BrClF3NO/c1-15-2-3(16)4-5(10)8(13)6(11)9(14)7(4)12/h3,15-16H,2H2,1H3. The van der Waals surface area contributed by atoms with Gasteiger partial charge in [0.2, 0.25) is 0 Å². The third kappa shape index (κ3) is 2.34. The summed E-state index contributed by atoms with van der Waals surface area (Å²) < 4.78 is 39.5. The van der Waals surface area contributed by atoms with Gasteiger partial charge in [0, 0.05) is 12.1 Å². The first-order valence-electron chi connectivity index (χ1n) is 4.25. The summed E-state index contributed by atoms with van der Waals surface area (Å²) in [5.74, 6) is -4.00. The highest BCUT2D eigenvalue weighted by molar-refractivity contribution is 9.10. The molecule has 1 atom stereocenters. The van der Waals surface area contributed by atoms with Gasteiger partial charge in [-0.3, -0.25) is 0 Å². The zero-order chi connectivity index (χ0) is 12.5. The summed E-state index contributed by atoms with van der Waals surface area (Å²) in [4.78, 5) is 0. The van der Waals surface area contributed by atoms with E-state index in [1.165, 1.54) is 7.05 Å². The molecule has 7 heteroatoms. The van der Waals surface area contributed by atoms with Gasteiger partial charge < -0.3 is 10.4 Å². The molecular formula is C9H8BrClF3NO. The molecule has 16 heavy (non-hydrogen) atoms. The molecule has 0 aliphatic rings. The Hall–Kier alpha value is -0.300. The van der Waals surface area contributed by atoms with Crippen LogP contribution in [0.25, 0.3) is 0 Å². The van der Waals surface area contributed by atoms with Crippen molar-refractivity contribution >= 4 is 27.5 Å². The number of aliphatic hydroxyl groups excluding tert-OH is 1. The van der Waals surface area contributed by atoms with E-state index >= 15 is 0 Å². The molecule has 0 fully saturated rings. The number of halogens is 5. The molecule has 1 unspecified atom stereocenters. The molecule has 1 aromatic rings. The SMILES string of the molecule is CNCC(O)c1c(F)c(F)c(Cl)c(F)c1Br. The topological polar surface area (TPSA) is 32.3 Å². The predicted octanol–water partition coefficient (Wildman–Crippen LogP) is 2.77. The van der Waals surface area contributed by atoms with Gasteiger partial charge in [-0.2, -0.15) is 0 Å². The minimum Gasteiger partial charge on any atom is -0.387 e. The third-order valence-electron chi connectivity index (χ3n) is 1.97.